The van der Waals surface area contributed by atoms with Crippen LogP contribution in [0.1, 0.15) is 25.3 Å². The molecule has 2 rings (SSSR count). The highest BCUT2D eigenvalue weighted by atomic mass is 15.2. The van der Waals surface area contributed by atoms with Crippen LogP contribution in [0.2, 0.25) is 0 Å². The maximum atomic E-state index is 5.85. The molecule has 1 heterocycles. The summed E-state index contributed by atoms with van der Waals surface area (Å²) >= 11 is 0. The molecule has 0 radical (unpaired) electrons. The molecule has 0 aliphatic heterocycles. The number of hydrogen-bond donors (Lipinski definition) is 2. The Morgan fingerprint density at radius 2 is 2.29 bits per heavy atom. The molecule has 1 unspecified atom stereocenters. The quantitative estimate of drug-likeness (QED) is 0.816. The maximum Gasteiger partial charge on any atom is 0.128 e. The molecule has 1 aromatic rings. The zero-order valence-electron chi connectivity index (χ0n) is 10.9. The number of anilines is 2. The molecule has 0 aromatic carbocycles. The fourth-order valence-electron chi connectivity index (χ4n) is 1.87. The number of likely N-dealkylation sites (N-methyl/N-ethyl adjacent to an activating group) is 1. The van der Waals surface area contributed by atoms with Crippen LogP contribution in [-0.2, 0) is 0 Å². The van der Waals surface area contributed by atoms with Crippen molar-refractivity contribution in [3.63, 3.8) is 0 Å². The Morgan fingerprint density at radius 1 is 1.59 bits per heavy atom. The second kappa shape index (κ2) is 4.92. The molecule has 4 heteroatoms. The van der Waals surface area contributed by atoms with Gasteiger partial charge in [0.25, 0.3) is 0 Å². The van der Waals surface area contributed by atoms with Gasteiger partial charge in [-0.25, -0.2) is 4.98 Å². The van der Waals surface area contributed by atoms with Gasteiger partial charge in [-0.3, -0.25) is 4.90 Å². The highest BCUT2D eigenvalue weighted by Crippen LogP contribution is 2.26. The standard InChI is InChI=1S/C13H22N4/c1-9-7-15-13(6-12(9)14)16-8-10(2)17(3)11-4-5-11/h6-7,10-11H,4-5,8H2,1-3H3,(H3,14,15,16). The Labute approximate surface area is 103 Å². The second-order valence-electron chi connectivity index (χ2n) is 5.05. The Kier molecular flexibility index (Phi) is 3.52. The second-order valence-corrected chi connectivity index (χ2v) is 5.05. The van der Waals surface area contributed by atoms with Crippen molar-refractivity contribution in [3.05, 3.63) is 17.8 Å². The number of aryl methyl sites for hydroxylation is 1. The van der Waals surface area contributed by atoms with E-state index in [9.17, 15) is 0 Å². The minimum absolute atomic E-state index is 0.520. The molecule has 1 atom stereocenters. The fourth-order valence-corrected chi connectivity index (χ4v) is 1.87. The Bertz CT molecular complexity index is 387. The molecule has 3 N–H and O–H groups in total. The molecule has 17 heavy (non-hydrogen) atoms. The van der Waals surface area contributed by atoms with Crippen LogP contribution in [0.3, 0.4) is 0 Å². The van der Waals surface area contributed by atoms with E-state index in [4.69, 9.17) is 5.73 Å². The summed E-state index contributed by atoms with van der Waals surface area (Å²) in [6.07, 6.45) is 4.50. The van der Waals surface area contributed by atoms with Gasteiger partial charge in [-0.15, -0.1) is 0 Å². The molecule has 1 saturated carbocycles. The van der Waals surface area contributed by atoms with E-state index in [1.165, 1.54) is 12.8 Å². The van der Waals surface area contributed by atoms with Gasteiger partial charge >= 0.3 is 0 Å². The number of nitrogens with two attached hydrogens (primary N) is 1. The van der Waals surface area contributed by atoms with E-state index >= 15 is 0 Å². The number of rotatable bonds is 5. The van der Waals surface area contributed by atoms with Crippen LogP contribution >= 0.6 is 0 Å². The number of aromatic nitrogens is 1. The number of nitrogens with one attached hydrogen (secondary N) is 1. The highest BCUT2D eigenvalue weighted by Gasteiger charge is 2.28. The maximum absolute atomic E-state index is 5.85. The summed E-state index contributed by atoms with van der Waals surface area (Å²) < 4.78 is 0. The fraction of sp³-hybridized carbons (Fsp3) is 0.615. The van der Waals surface area contributed by atoms with Crippen LogP contribution in [0.4, 0.5) is 11.5 Å². The molecule has 1 aliphatic carbocycles. The normalized spacial score (nSPS) is 17.2. The number of hydrogen-bond acceptors (Lipinski definition) is 4. The van der Waals surface area contributed by atoms with Gasteiger partial charge < -0.3 is 11.1 Å². The average molecular weight is 234 g/mol. The summed E-state index contributed by atoms with van der Waals surface area (Å²) in [5, 5.41) is 3.34. The van der Waals surface area contributed by atoms with Gasteiger partial charge in [0, 0.05) is 36.6 Å². The van der Waals surface area contributed by atoms with E-state index in [0.29, 0.717) is 6.04 Å². The van der Waals surface area contributed by atoms with Crippen molar-refractivity contribution in [2.45, 2.75) is 38.8 Å². The van der Waals surface area contributed by atoms with Crippen LogP contribution in [0, 0.1) is 6.92 Å². The van der Waals surface area contributed by atoms with Crippen LogP contribution in [-0.4, -0.2) is 35.6 Å². The van der Waals surface area contributed by atoms with Gasteiger partial charge in [-0.1, -0.05) is 0 Å². The third-order valence-corrected chi connectivity index (χ3v) is 3.54. The predicted octanol–water partition coefficient (Wildman–Crippen LogP) is 1.87. The van der Waals surface area contributed by atoms with E-state index in [2.05, 4.69) is 29.2 Å². The van der Waals surface area contributed by atoms with Crippen LogP contribution in [0.25, 0.3) is 0 Å². The lowest BCUT2D eigenvalue weighted by atomic mass is 10.2. The number of pyridine rings is 1. The molecule has 1 aromatic heterocycles. The first kappa shape index (κ1) is 12.2. The highest BCUT2D eigenvalue weighted by molar-refractivity contribution is 5.53. The Balaban J connectivity index is 1.86. The predicted molar refractivity (Wildman–Crippen MR) is 72.1 cm³/mol. The molecule has 0 spiro atoms. The molecule has 0 amide bonds. The van der Waals surface area contributed by atoms with Gasteiger partial charge in [-0.2, -0.15) is 0 Å². The van der Waals surface area contributed by atoms with Crippen molar-refractivity contribution in [2.24, 2.45) is 0 Å². The monoisotopic (exact) mass is 234 g/mol. The Hall–Kier alpha value is -1.29. The summed E-state index contributed by atoms with van der Waals surface area (Å²) in [6, 6.07) is 3.22. The van der Waals surface area contributed by atoms with Crippen LogP contribution in [0.15, 0.2) is 12.3 Å². The van der Waals surface area contributed by atoms with E-state index in [-0.39, 0.29) is 0 Å². The molecule has 1 aliphatic rings. The van der Waals surface area contributed by atoms with Gasteiger partial charge in [0.1, 0.15) is 5.82 Å². The largest absolute Gasteiger partial charge is 0.398 e. The van der Waals surface area contributed by atoms with E-state index in [1.807, 2.05) is 19.2 Å². The van der Waals surface area contributed by atoms with Crippen molar-refractivity contribution in [3.8, 4) is 0 Å². The smallest absolute Gasteiger partial charge is 0.128 e. The Morgan fingerprint density at radius 3 is 2.88 bits per heavy atom. The van der Waals surface area contributed by atoms with Crippen LogP contribution in [0.5, 0.6) is 0 Å². The molecular formula is C13H22N4. The van der Waals surface area contributed by atoms with E-state index < -0.39 is 0 Å². The lowest BCUT2D eigenvalue weighted by molar-refractivity contribution is 0.257. The van der Waals surface area contributed by atoms with Gasteiger partial charge in [0.05, 0.1) is 0 Å². The topological polar surface area (TPSA) is 54.2 Å². The number of nitrogen functional groups attached to an aromatic ring is 1. The first-order valence-electron chi connectivity index (χ1n) is 6.26. The van der Waals surface area contributed by atoms with Crippen molar-refractivity contribution in [1.29, 1.82) is 0 Å². The molecule has 0 bridgehead atoms. The third kappa shape index (κ3) is 3.09. The minimum Gasteiger partial charge on any atom is -0.398 e. The van der Waals surface area contributed by atoms with E-state index in [1.54, 1.807) is 0 Å². The van der Waals surface area contributed by atoms with Crippen molar-refractivity contribution in [1.82, 2.24) is 9.88 Å². The number of nitrogens with zero attached hydrogens (tertiary/aromatic N) is 2. The van der Waals surface area contributed by atoms with Crippen molar-refractivity contribution >= 4 is 11.5 Å². The average Bonchev–Trinajstić information content (AvgIpc) is 3.13. The SMILES string of the molecule is Cc1cnc(NCC(C)N(C)C2CC2)cc1N. The lowest BCUT2D eigenvalue weighted by Crippen LogP contribution is -2.36. The molecular weight excluding hydrogens is 212 g/mol. The molecule has 4 nitrogen and oxygen atoms in total. The summed E-state index contributed by atoms with van der Waals surface area (Å²) in [4.78, 5) is 6.76. The molecule has 1 fully saturated rings. The van der Waals surface area contributed by atoms with Crippen molar-refractivity contribution in [2.75, 3.05) is 24.6 Å². The zero-order chi connectivity index (χ0) is 12.4. The van der Waals surface area contributed by atoms with E-state index in [0.717, 1.165) is 29.7 Å². The van der Waals surface area contributed by atoms with Gasteiger partial charge in [0.2, 0.25) is 0 Å². The van der Waals surface area contributed by atoms with Gasteiger partial charge in [-0.05, 0) is 39.3 Å². The molecule has 0 saturated heterocycles. The van der Waals surface area contributed by atoms with Gasteiger partial charge in [0.15, 0.2) is 0 Å². The summed E-state index contributed by atoms with van der Waals surface area (Å²) in [5.41, 5.74) is 7.68. The van der Waals surface area contributed by atoms with Crippen molar-refractivity contribution < 1.29 is 0 Å². The summed E-state index contributed by atoms with van der Waals surface area (Å²) in [5.74, 6) is 0.865. The third-order valence-electron chi connectivity index (χ3n) is 3.54. The first-order valence-corrected chi connectivity index (χ1v) is 6.26. The summed E-state index contributed by atoms with van der Waals surface area (Å²) in [7, 11) is 2.20. The summed E-state index contributed by atoms with van der Waals surface area (Å²) in [6.45, 7) is 5.11. The van der Waals surface area contributed by atoms with Crippen LogP contribution < -0.4 is 11.1 Å². The zero-order valence-corrected chi connectivity index (χ0v) is 10.9. The lowest BCUT2D eigenvalue weighted by Gasteiger charge is -2.24. The molecule has 94 valence electrons. The first-order chi connectivity index (χ1) is 8.08. The minimum atomic E-state index is 0.520.